The Morgan fingerprint density at radius 1 is 1.33 bits per heavy atom. The van der Waals surface area contributed by atoms with Gasteiger partial charge in [-0.3, -0.25) is 4.79 Å². The smallest absolute Gasteiger partial charge is 0.257 e. The van der Waals surface area contributed by atoms with E-state index in [0.29, 0.717) is 34.5 Å². The Bertz CT molecular complexity index is 1020. The number of rotatable bonds is 3. The molecule has 0 spiro atoms. The van der Waals surface area contributed by atoms with Crippen LogP contribution >= 0.6 is 27.5 Å². The van der Waals surface area contributed by atoms with Gasteiger partial charge in [-0.05, 0) is 18.2 Å². The number of hydrogen-bond acceptors (Lipinski definition) is 4. The molecule has 3 aromatic rings. The first-order valence-electron chi connectivity index (χ1n) is 8.42. The molecule has 140 valence electrons. The number of aromatic nitrogens is 2. The lowest BCUT2D eigenvalue weighted by Gasteiger charge is -2.28. The van der Waals surface area contributed by atoms with Gasteiger partial charge in [-0.15, -0.1) is 0 Å². The first-order valence-corrected chi connectivity index (χ1v) is 9.59. The maximum absolute atomic E-state index is 14.3. The number of nitrogens with zero attached hydrogens (tertiary/aromatic N) is 3. The number of piperazine rings is 1. The highest BCUT2D eigenvalue weighted by Crippen LogP contribution is 2.34. The second kappa shape index (κ2) is 7.46. The van der Waals surface area contributed by atoms with Gasteiger partial charge in [0, 0.05) is 49.2 Å². The fourth-order valence-electron chi connectivity index (χ4n) is 3.07. The number of halogens is 3. The van der Waals surface area contributed by atoms with Crippen LogP contribution in [0.5, 0.6) is 0 Å². The average molecular weight is 453 g/mol. The van der Waals surface area contributed by atoms with Crippen molar-refractivity contribution in [2.24, 2.45) is 0 Å². The Hall–Kier alpha value is -2.16. The molecule has 27 heavy (non-hydrogen) atoms. The van der Waals surface area contributed by atoms with E-state index in [0.717, 1.165) is 13.1 Å². The van der Waals surface area contributed by atoms with Crippen molar-refractivity contribution in [3.05, 3.63) is 57.7 Å². The minimum Gasteiger partial charge on any atom is -0.351 e. The number of pyridine rings is 1. The molecule has 1 aliphatic heterocycles. The summed E-state index contributed by atoms with van der Waals surface area (Å²) in [5, 5.41) is 6.48. The van der Waals surface area contributed by atoms with Crippen molar-refractivity contribution in [3.63, 3.8) is 0 Å². The largest absolute Gasteiger partial charge is 0.351 e. The Morgan fingerprint density at radius 2 is 2.11 bits per heavy atom. The summed E-state index contributed by atoms with van der Waals surface area (Å²) in [5.41, 5.74) is 1.44. The minimum absolute atomic E-state index is 0.158. The molecule has 2 N–H and O–H groups in total. The van der Waals surface area contributed by atoms with Crippen molar-refractivity contribution in [1.29, 1.82) is 0 Å². The van der Waals surface area contributed by atoms with Gasteiger partial charge < -0.3 is 19.9 Å². The van der Waals surface area contributed by atoms with E-state index in [4.69, 9.17) is 11.6 Å². The number of fused-ring (bicyclic) bond motifs is 1. The number of amides is 1. The molecule has 3 heterocycles. The van der Waals surface area contributed by atoms with Crippen LogP contribution in [-0.2, 0) is 0 Å². The number of carbonyl (C=O) groups is 1. The maximum Gasteiger partial charge on any atom is 0.257 e. The third-order valence-corrected chi connectivity index (χ3v) is 5.30. The molecule has 0 unspecified atom stereocenters. The van der Waals surface area contributed by atoms with Gasteiger partial charge in [0.25, 0.3) is 5.91 Å². The lowest BCUT2D eigenvalue weighted by Crippen LogP contribution is -2.46. The molecule has 4 rings (SSSR count). The predicted octanol–water partition coefficient (Wildman–Crippen LogP) is 3.68. The standard InChI is InChI=1S/C18H16BrClFN5O/c19-11-1-2-14(13(21)9-11)24-16-12(18(27)25-6-3-22-4-7-25)10-26-8-5-23-17(26)15(16)20/h1-2,5,8-10,22,24H,3-4,6-7H2. The van der Waals surface area contributed by atoms with E-state index in [1.165, 1.54) is 6.07 Å². The monoisotopic (exact) mass is 451 g/mol. The van der Waals surface area contributed by atoms with E-state index in [1.807, 2.05) is 0 Å². The summed E-state index contributed by atoms with van der Waals surface area (Å²) in [6.45, 7) is 2.67. The Balaban J connectivity index is 1.81. The number of carbonyl (C=O) groups excluding carboxylic acids is 1. The fraction of sp³-hybridized carbons (Fsp3) is 0.222. The fourth-order valence-corrected chi connectivity index (χ4v) is 3.70. The lowest BCUT2D eigenvalue weighted by molar-refractivity contribution is 0.0736. The predicted molar refractivity (Wildman–Crippen MR) is 106 cm³/mol. The van der Waals surface area contributed by atoms with Crippen LogP contribution in [0, 0.1) is 5.82 Å². The zero-order valence-corrected chi connectivity index (χ0v) is 16.5. The molecule has 1 aliphatic rings. The number of anilines is 2. The topological polar surface area (TPSA) is 61.7 Å². The first-order chi connectivity index (χ1) is 13.0. The second-order valence-electron chi connectivity index (χ2n) is 6.18. The van der Waals surface area contributed by atoms with Gasteiger partial charge in [-0.25, -0.2) is 9.37 Å². The highest BCUT2D eigenvalue weighted by molar-refractivity contribution is 9.10. The quantitative estimate of drug-likeness (QED) is 0.636. The number of nitrogens with one attached hydrogen (secondary N) is 2. The van der Waals surface area contributed by atoms with E-state index in [-0.39, 0.29) is 16.6 Å². The minimum atomic E-state index is -0.454. The van der Waals surface area contributed by atoms with E-state index >= 15 is 0 Å². The SMILES string of the molecule is O=C(c1cn2ccnc2c(Cl)c1Nc1ccc(Br)cc1F)N1CCNCC1. The summed E-state index contributed by atoms with van der Waals surface area (Å²) in [6.07, 6.45) is 5.00. The van der Waals surface area contributed by atoms with Crippen LogP contribution in [-0.4, -0.2) is 46.4 Å². The van der Waals surface area contributed by atoms with Crippen LogP contribution in [0.4, 0.5) is 15.8 Å². The van der Waals surface area contributed by atoms with Crippen LogP contribution in [0.25, 0.3) is 5.65 Å². The average Bonchev–Trinajstić information content (AvgIpc) is 3.15. The molecule has 1 fully saturated rings. The summed E-state index contributed by atoms with van der Waals surface area (Å²) in [5.74, 6) is -0.613. The van der Waals surface area contributed by atoms with Crippen molar-refractivity contribution in [2.45, 2.75) is 0 Å². The maximum atomic E-state index is 14.3. The number of benzene rings is 1. The van der Waals surface area contributed by atoms with E-state index in [9.17, 15) is 9.18 Å². The van der Waals surface area contributed by atoms with Crippen molar-refractivity contribution in [1.82, 2.24) is 19.6 Å². The molecule has 6 nitrogen and oxygen atoms in total. The van der Waals surface area contributed by atoms with Gasteiger partial charge in [-0.2, -0.15) is 0 Å². The third kappa shape index (κ3) is 3.52. The second-order valence-corrected chi connectivity index (χ2v) is 7.47. The van der Waals surface area contributed by atoms with Crippen molar-refractivity contribution < 1.29 is 9.18 Å². The summed E-state index contributed by atoms with van der Waals surface area (Å²) in [4.78, 5) is 19.1. The van der Waals surface area contributed by atoms with Crippen molar-refractivity contribution >= 4 is 50.5 Å². The van der Waals surface area contributed by atoms with Gasteiger partial charge in [-0.1, -0.05) is 27.5 Å². The van der Waals surface area contributed by atoms with Crippen LogP contribution in [0.1, 0.15) is 10.4 Å². The summed E-state index contributed by atoms with van der Waals surface area (Å²) in [7, 11) is 0. The molecule has 1 amide bonds. The molecular weight excluding hydrogens is 437 g/mol. The first kappa shape index (κ1) is 18.2. The Labute approximate surface area is 168 Å². The summed E-state index contributed by atoms with van der Waals surface area (Å²) in [6, 6.07) is 4.65. The molecule has 9 heteroatoms. The zero-order valence-electron chi connectivity index (χ0n) is 14.2. The van der Waals surface area contributed by atoms with E-state index in [2.05, 4.69) is 31.5 Å². The van der Waals surface area contributed by atoms with Gasteiger partial charge in [0.2, 0.25) is 0 Å². The van der Waals surface area contributed by atoms with Crippen molar-refractivity contribution in [2.75, 3.05) is 31.5 Å². The highest BCUT2D eigenvalue weighted by Gasteiger charge is 2.25. The van der Waals surface area contributed by atoms with E-state index in [1.54, 1.807) is 40.0 Å². The summed E-state index contributed by atoms with van der Waals surface area (Å²) >= 11 is 9.78. The van der Waals surface area contributed by atoms with Crippen LogP contribution in [0.15, 0.2) is 41.3 Å². The molecule has 2 aromatic heterocycles. The lowest BCUT2D eigenvalue weighted by atomic mass is 10.1. The van der Waals surface area contributed by atoms with Gasteiger partial charge in [0.15, 0.2) is 5.65 Å². The van der Waals surface area contributed by atoms with Crippen LogP contribution in [0.2, 0.25) is 5.02 Å². The number of hydrogen-bond donors (Lipinski definition) is 2. The molecule has 0 bridgehead atoms. The van der Waals surface area contributed by atoms with Gasteiger partial charge in [0.1, 0.15) is 10.8 Å². The van der Waals surface area contributed by atoms with Gasteiger partial charge in [0.05, 0.1) is 16.9 Å². The molecule has 0 radical (unpaired) electrons. The highest BCUT2D eigenvalue weighted by atomic mass is 79.9. The summed E-state index contributed by atoms with van der Waals surface area (Å²) < 4.78 is 16.7. The van der Waals surface area contributed by atoms with Crippen LogP contribution < -0.4 is 10.6 Å². The van der Waals surface area contributed by atoms with E-state index < -0.39 is 5.82 Å². The molecule has 0 atom stereocenters. The van der Waals surface area contributed by atoms with Gasteiger partial charge >= 0.3 is 0 Å². The Morgan fingerprint density at radius 3 is 2.85 bits per heavy atom. The molecule has 0 saturated carbocycles. The molecule has 1 aromatic carbocycles. The van der Waals surface area contributed by atoms with Crippen molar-refractivity contribution in [3.8, 4) is 0 Å². The third-order valence-electron chi connectivity index (χ3n) is 4.45. The van der Waals surface area contributed by atoms with Crippen LogP contribution in [0.3, 0.4) is 0 Å². The molecular formula is C18H16BrClFN5O. The zero-order chi connectivity index (χ0) is 19.0. The molecule has 1 saturated heterocycles. The number of imidazole rings is 1. The molecule has 0 aliphatic carbocycles. The normalized spacial score (nSPS) is 14.6. The Kier molecular flexibility index (Phi) is 5.03.